The van der Waals surface area contributed by atoms with Gasteiger partial charge in [0.05, 0.1) is 6.07 Å². The van der Waals surface area contributed by atoms with Crippen molar-refractivity contribution in [2.24, 2.45) is 5.92 Å². The second-order valence-corrected chi connectivity index (χ2v) is 4.17. The molecule has 1 aliphatic rings. The molecule has 2 unspecified atom stereocenters. The van der Waals surface area contributed by atoms with Crippen molar-refractivity contribution < 1.29 is 0 Å². The summed E-state index contributed by atoms with van der Waals surface area (Å²) in [6.07, 6.45) is 5.31. The first-order valence-corrected chi connectivity index (χ1v) is 4.68. The summed E-state index contributed by atoms with van der Waals surface area (Å²) < 4.78 is 0. The summed E-state index contributed by atoms with van der Waals surface area (Å²) in [5.41, 5.74) is 0. The lowest BCUT2D eigenvalue weighted by Gasteiger charge is -2.30. The molecular weight excluding hydrogens is 158 g/mol. The molecule has 62 valence electrons. The van der Waals surface area contributed by atoms with Crippen LogP contribution >= 0.6 is 11.6 Å². The first-order valence-electron chi connectivity index (χ1n) is 4.30. The van der Waals surface area contributed by atoms with Crippen LogP contribution in [0.5, 0.6) is 0 Å². The molecule has 0 bridgehead atoms. The van der Waals surface area contributed by atoms with E-state index in [9.17, 15) is 0 Å². The molecule has 1 fully saturated rings. The van der Waals surface area contributed by atoms with E-state index >= 15 is 0 Å². The van der Waals surface area contributed by atoms with E-state index in [0.29, 0.717) is 5.92 Å². The Morgan fingerprint density at radius 3 is 3.00 bits per heavy atom. The Hall–Kier alpha value is -0.220. The normalized spacial score (nSPS) is 38.1. The zero-order chi connectivity index (χ0) is 8.32. The summed E-state index contributed by atoms with van der Waals surface area (Å²) in [6, 6.07) is 2.21. The molecule has 0 aromatic heterocycles. The molecular formula is C9H14ClN. The van der Waals surface area contributed by atoms with Crippen LogP contribution in [0.4, 0.5) is 0 Å². The summed E-state index contributed by atoms with van der Waals surface area (Å²) in [6.45, 7) is 2.17. The lowest BCUT2D eigenvalue weighted by molar-refractivity contribution is 0.319. The van der Waals surface area contributed by atoms with Gasteiger partial charge in [-0.2, -0.15) is 5.26 Å². The third-order valence-corrected chi connectivity index (χ3v) is 3.00. The van der Waals surface area contributed by atoms with Crippen LogP contribution in [0.25, 0.3) is 0 Å². The Kier molecular flexibility index (Phi) is 2.78. The number of alkyl halides is 1. The Morgan fingerprint density at radius 1 is 1.73 bits per heavy atom. The van der Waals surface area contributed by atoms with Crippen LogP contribution in [0.15, 0.2) is 0 Å². The smallest absolute Gasteiger partial charge is 0.131 e. The minimum Gasteiger partial charge on any atom is -0.196 e. The lowest BCUT2D eigenvalue weighted by atomic mass is 9.80. The van der Waals surface area contributed by atoms with E-state index in [4.69, 9.17) is 16.9 Å². The number of halogens is 1. The van der Waals surface area contributed by atoms with Gasteiger partial charge in [0.1, 0.15) is 4.87 Å². The van der Waals surface area contributed by atoms with E-state index in [1.54, 1.807) is 0 Å². The van der Waals surface area contributed by atoms with E-state index < -0.39 is 4.87 Å². The van der Waals surface area contributed by atoms with Gasteiger partial charge in [-0.1, -0.05) is 26.2 Å². The van der Waals surface area contributed by atoms with Gasteiger partial charge in [-0.05, 0) is 18.8 Å². The highest BCUT2D eigenvalue weighted by Crippen LogP contribution is 2.38. The Morgan fingerprint density at radius 2 is 2.45 bits per heavy atom. The van der Waals surface area contributed by atoms with Gasteiger partial charge in [-0.3, -0.25) is 0 Å². The molecule has 1 nitrogen and oxygen atoms in total. The topological polar surface area (TPSA) is 23.8 Å². The molecule has 0 heterocycles. The summed E-state index contributed by atoms with van der Waals surface area (Å²) in [4.78, 5) is -0.529. The van der Waals surface area contributed by atoms with Gasteiger partial charge in [0.25, 0.3) is 0 Å². The second kappa shape index (κ2) is 3.45. The summed E-state index contributed by atoms with van der Waals surface area (Å²) >= 11 is 6.07. The predicted octanol–water partition coefficient (Wildman–Crippen LogP) is 3.09. The third-order valence-electron chi connectivity index (χ3n) is 2.58. The maximum atomic E-state index is 8.78. The van der Waals surface area contributed by atoms with Crippen LogP contribution in [-0.2, 0) is 0 Å². The summed E-state index contributed by atoms with van der Waals surface area (Å²) in [7, 11) is 0. The van der Waals surface area contributed by atoms with E-state index in [-0.39, 0.29) is 0 Å². The molecule has 1 aliphatic carbocycles. The SMILES string of the molecule is CCC1CCCC(Cl)(C#N)C1. The van der Waals surface area contributed by atoms with Crippen LogP contribution in [0, 0.1) is 17.2 Å². The largest absolute Gasteiger partial charge is 0.196 e. The second-order valence-electron chi connectivity index (χ2n) is 3.45. The fraction of sp³-hybridized carbons (Fsp3) is 0.889. The fourth-order valence-corrected chi connectivity index (χ4v) is 2.13. The fourth-order valence-electron chi connectivity index (χ4n) is 1.78. The van der Waals surface area contributed by atoms with E-state index in [2.05, 4.69) is 13.0 Å². The van der Waals surface area contributed by atoms with Gasteiger partial charge in [0, 0.05) is 0 Å². The number of nitriles is 1. The molecule has 1 saturated carbocycles. The Labute approximate surface area is 73.3 Å². The van der Waals surface area contributed by atoms with Crippen LogP contribution in [0.1, 0.15) is 39.0 Å². The van der Waals surface area contributed by atoms with Gasteiger partial charge in [0.2, 0.25) is 0 Å². The monoisotopic (exact) mass is 171 g/mol. The van der Waals surface area contributed by atoms with Crippen molar-refractivity contribution in [2.75, 3.05) is 0 Å². The molecule has 0 aliphatic heterocycles. The maximum absolute atomic E-state index is 8.78. The molecule has 0 saturated heterocycles. The lowest BCUT2D eigenvalue weighted by Crippen LogP contribution is -2.27. The van der Waals surface area contributed by atoms with E-state index in [1.807, 2.05) is 0 Å². The molecule has 0 radical (unpaired) electrons. The minimum atomic E-state index is -0.529. The van der Waals surface area contributed by atoms with Crippen LogP contribution in [0.2, 0.25) is 0 Å². The first-order chi connectivity index (χ1) is 5.20. The molecule has 0 aromatic carbocycles. The molecule has 0 spiro atoms. The zero-order valence-corrected chi connectivity index (χ0v) is 7.69. The quantitative estimate of drug-likeness (QED) is 0.557. The molecule has 0 amide bonds. The number of rotatable bonds is 1. The highest BCUT2D eigenvalue weighted by Gasteiger charge is 2.33. The van der Waals surface area contributed by atoms with E-state index in [1.165, 1.54) is 6.42 Å². The Balaban J connectivity index is 2.53. The van der Waals surface area contributed by atoms with Crippen molar-refractivity contribution in [2.45, 2.75) is 43.9 Å². The molecule has 11 heavy (non-hydrogen) atoms. The van der Waals surface area contributed by atoms with Gasteiger partial charge in [-0.25, -0.2) is 0 Å². The molecule has 0 aromatic rings. The van der Waals surface area contributed by atoms with Gasteiger partial charge in [-0.15, -0.1) is 11.6 Å². The van der Waals surface area contributed by atoms with Crippen LogP contribution in [-0.4, -0.2) is 4.87 Å². The average molecular weight is 172 g/mol. The third kappa shape index (κ3) is 2.10. The standard InChI is InChI=1S/C9H14ClN/c1-2-8-4-3-5-9(10,6-8)7-11/h8H,2-6H2,1H3. The van der Waals surface area contributed by atoms with Crippen molar-refractivity contribution in [1.29, 1.82) is 5.26 Å². The molecule has 0 N–H and O–H groups in total. The summed E-state index contributed by atoms with van der Waals surface area (Å²) in [5.74, 6) is 0.681. The predicted molar refractivity (Wildman–Crippen MR) is 46.4 cm³/mol. The Bertz CT molecular complexity index is 173. The van der Waals surface area contributed by atoms with Crippen molar-refractivity contribution in [3.63, 3.8) is 0 Å². The minimum absolute atomic E-state index is 0.529. The van der Waals surface area contributed by atoms with Crippen molar-refractivity contribution in [1.82, 2.24) is 0 Å². The molecule has 2 atom stereocenters. The van der Waals surface area contributed by atoms with E-state index in [0.717, 1.165) is 25.7 Å². The van der Waals surface area contributed by atoms with Crippen molar-refractivity contribution in [3.8, 4) is 6.07 Å². The maximum Gasteiger partial charge on any atom is 0.131 e. The van der Waals surface area contributed by atoms with Gasteiger partial charge < -0.3 is 0 Å². The van der Waals surface area contributed by atoms with Crippen molar-refractivity contribution >= 4 is 11.6 Å². The summed E-state index contributed by atoms with van der Waals surface area (Å²) in [5, 5.41) is 8.78. The highest BCUT2D eigenvalue weighted by atomic mass is 35.5. The van der Waals surface area contributed by atoms with Crippen LogP contribution < -0.4 is 0 Å². The highest BCUT2D eigenvalue weighted by molar-refractivity contribution is 6.25. The number of hydrogen-bond acceptors (Lipinski definition) is 1. The number of nitrogens with zero attached hydrogens (tertiary/aromatic N) is 1. The van der Waals surface area contributed by atoms with Gasteiger partial charge >= 0.3 is 0 Å². The number of hydrogen-bond donors (Lipinski definition) is 0. The van der Waals surface area contributed by atoms with Crippen LogP contribution in [0.3, 0.4) is 0 Å². The average Bonchev–Trinajstić information content (AvgIpc) is 2.05. The molecule has 1 rings (SSSR count). The van der Waals surface area contributed by atoms with Gasteiger partial charge in [0.15, 0.2) is 0 Å². The molecule has 2 heteroatoms. The van der Waals surface area contributed by atoms with Crippen molar-refractivity contribution in [3.05, 3.63) is 0 Å². The zero-order valence-electron chi connectivity index (χ0n) is 6.94. The first kappa shape index (κ1) is 8.87.